The first-order valence-corrected chi connectivity index (χ1v) is 14.3. The fourth-order valence-corrected chi connectivity index (χ4v) is 5.99. The molecule has 0 amide bonds. The Morgan fingerprint density at radius 1 is 0.583 bits per heavy atom. The minimum Gasteiger partial charge on any atom is -0.491 e. The minimum atomic E-state index is -0.252. The van der Waals surface area contributed by atoms with Crippen molar-refractivity contribution in [2.45, 2.75) is 103 Å². The van der Waals surface area contributed by atoms with Crippen molar-refractivity contribution in [3.8, 4) is 11.5 Å². The Balaban J connectivity index is 2.16. The lowest BCUT2D eigenvalue weighted by molar-refractivity contribution is 0.193. The fraction of sp³-hybridized carbons (Fsp3) is 0.625. The zero-order valence-corrected chi connectivity index (χ0v) is 22.7. The van der Waals surface area contributed by atoms with Crippen LogP contribution in [-0.4, -0.2) is 36.6 Å². The maximum Gasteiger partial charge on any atom is 0.126 e. The molecule has 1 fully saturated rings. The zero-order valence-electron chi connectivity index (χ0n) is 22.7. The van der Waals surface area contributed by atoms with E-state index in [0.29, 0.717) is 0 Å². The highest BCUT2D eigenvalue weighted by molar-refractivity contribution is 5.56. The molecule has 0 atom stereocenters. The molecule has 0 bridgehead atoms. The van der Waals surface area contributed by atoms with Gasteiger partial charge < -0.3 is 19.7 Å². The first-order chi connectivity index (χ1) is 17.6. The second-order valence-electron chi connectivity index (χ2n) is 10.5. The third-order valence-electron chi connectivity index (χ3n) is 7.84. The fourth-order valence-electron chi connectivity index (χ4n) is 5.99. The second-order valence-corrected chi connectivity index (χ2v) is 10.5. The van der Waals surface area contributed by atoms with Crippen LogP contribution in [0.1, 0.15) is 106 Å². The second kappa shape index (κ2) is 15.3. The summed E-state index contributed by atoms with van der Waals surface area (Å²) in [7, 11) is 0. The maximum absolute atomic E-state index is 9.57. The average Bonchev–Trinajstić information content (AvgIpc) is 2.88. The number of para-hydroxylation sites is 2. The summed E-state index contributed by atoms with van der Waals surface area (Å²) in [6, 6.07) is 13.0. The summed E-state index contributed by atoms with van der Waals surface area (Å²) in [6.45, 7) is 4.77. The van der Waals surface area contributed by atoms with Gasteiger partial charge in [-0.05, 0) is 37.8 Å². The molecule has 4 nitrogen and oxygen atoms in total. The van der Waals surface area contributed by atoms with Crippen LogP contribution in [0, 0.1) is 13.8 Å². The third-order valence-corrected chi connectivity index (χ3v) is 7.84. The monoisotopic (exact) mass is 496 g/mol. The molecule has 0 radical (unpaired) electrons. The Labute approximate surface area is 219 Å². The average molecular weight is 497 g/mol. The lowest BCUT2D eigenvalue weighted by Gasteiger charge is -2.39. The molecule has 2 N–H and O–H groups in total. The predicted octanol–water partition coefficient (Wildman–Crippen LogP) is 7.42. The van der Waals surface area contributed by atoms with Gasteiger partial charge in [0, 0.05) is 16.5 Å². The number of benzene rings is 2. The van der Waals surface area contributed by atoms with Gasteiger partial charge in [-0.25, -0.2) is 0 Å². The highest BCUT2D eigenvalue weighted by atomic mass is 16.5. The zero-order chi connectivity index (χ0) is 25.6. The van der Waals surface area contributed by atoms with Crippen LogP contribution < -0.4 is 9.47 Å². The van der Waals surface area contributed by atoms with Crippen molar-refractivity contribution >= 4 is 0 Å². The van der Waals surface area contributed by atoms with Crippen molar-refractivity contribution in [1.82, 2.24) is 0 Å². The summed E-state index contributed by atoms with van der Waals surface area (Å²) in [5.74, 6) is 1.81. The summed E-state index contributed by atoms with van der Waals surface area (Å²) in [5.41, 5.74) is 4.37. The minimum absolute atomic E-state index is 0.00389. The van der Waals surface area contributed by atoms with Gasteiger partial charge in [0.2, 0.25) is 0 Å². The van der Waals surface area contributed by atoms with E-state index in [-0.39, 0.29) is 31.8 Å². The third kappa shape index (κ3) is 7.49. The Morgan fingerprint density at radius 3 is 1.31 bits per heavy atom. The Hall–Kier alpha value is -2.04. The predicted molar refractivity (Wildman–Crippen MR) is 148 cm³/mol. The number of ether oxygens (including phenoxy) is 2. The van der Waals surface area contributed by atoms with E-state index in [9.17, 15) is 10.2 Å². The van der Waals surface area contributed by atoms with Gasteiger partial charge in [-0.3, -0.25) is 0 Å². The van der Waals surface area contributed by atoms with Crippen molar-refractivity contribution in [3.05, 3.63) is 58.7 Å². The molecule has 200 valence electrons. The van der Waals surface area contributed by atoms with E-state index in [0.717, 1.165) is 48.3 Å². The van der Waals surface area contributed by atoms with E-state index in [1.54, 1.807) is 0 Å². The van der Waals surface area contributed by atoms with Crippen LogP contribution in [0.3, 0.4) is 0 Å². The van der Waals surface area contributed by atoms with Gasteiger partial charge in [0.15, 0.2) is 0 Å². The molecule has 1 aliphatic carbocycles. The number of rotatable bonds is 8. The van der Waals surface area contributed by atoms with E-state index in [1.165, 1.54) is 68.9 Å². The maximum atomic E-state index is 9.57. The van der Waals surface area contributed by atoms with Crippen molar-refractivity contribution in [1.29, 1.82) is 0 Å². The number of hydrogen-bond acceptors (Lipinski definition) is 4. The van der Waals surface area contributed by atoms with Gasteiger partial charge in [-0.15, -0.1) is 0 Å². The van der Waals surface area contributed by atoms with Crippen molar-refractivity contribution in [3.63, 3.8) is 0 Å². The van der Waals surface area contributed by atoms with Crippen LogP contribution in [0.5, 0.6) is 11.5 Å². The van der Waals surface area contributed by atoms with Crippen LogP contribution in [0.15, 0.2) is 36.4 Å². The smallest absolute Gasteiger partial charge is 0.126 e. The highest BCUT2D eigenvalue weighted by Crippen LogP contribution is 2.50. The van der Waals surface area contributed by atoms with Crippen molar-refractivity contribution in [2.24, 2.45) is 0 Å². The van der Waals surface area contributed by atoms with E-state index < -0.39 is 0 Å². The molecule has 1 saturated carbocycles. The van der Waals surface area contributed by atoms with Crippen LogP contribution >= 0.6 is 0 Å². The number of aryl methyl sites for hydroxylation is 2. The normalized spacial score (nSPS) is 17.8. The molecule has 0 spiro atoms. The van der Waals surface area contributed by atoms with Gasteiger partial charge in [0.05, 0.1) is 13.2 Å². The molecule has 36 heavy (non-hydrogen) atoms. The van der Waals surface area contributed by atoms with Gasteiger partial charge in [-0.2, -0.15) is 0 Å². The molecule has 2 aromatic carbocycles. The Bertz CT molecular complexity index is 834. The molecule has 1 aliphatic rings. The van der Waals surface area contributed by atoms with Crippen LogP contribution in [0.25, 0.3) is 0 Å². The summed E-state index contributed by atoms with van der Waals surface area (Å²) >= 11 is 0. The van der Waals surface area contributed by atoms with Gasteiger partial charge in [-0.1, -0.05) is 107 Å². The first kappa shape index (κ1) is 28.5. The SMILES string of the molecule is Cc1cccc(C2(c3cccc(C)c3OCCO)CCCCCCCCCCCCC2)c1OCCO. The van der Waals surface area contributed by atoms with E-state index in [4.69, 9.17) is 9.47 Å². The molecule has 3 rings (SSSR count). The largest absolute Gasteiger partial charge is 0.491 e. The summed E-state index contributed by atoms with van der Waals surface area (Å²) in [4.78, 5) is 0. The van der Waals surface area contributed by atoms with E-state index in [1.807, 2.05) is 0 Å². The highest BCUT2D eigenvalue weighted by Gasteiger charge is 2.39. The molecule has 0 heterocycles. The molecular weight excluding hydrogens is 448 g/mol. The van der Waals surface area contributed by atoms with Gasteiger partial charge in [0.25, 0.3) is 0 Å². The van der Waals surface area contributed by atoms with E-state index >= 15 is 0 Å². The first-order valence-electron chi connectivity index (χ1n) is 14.3. The number of hydrogen-bond donors (Lipinski definition) is 2. The van der Waals surface area contributed by atoms with Crippen LogP contribution in [0.4, 0.5) is 0 Å². The molecule has 2 aromatic rings. The Kier molecular flexibility index (Phi) is 12.1. The molecule has 0 aliphatic heterocycles. The summed E-state index contributed by atoms with van der Waals surface area (Å²) < 4.78 is 12.5. The van der Waals surface area contributed by atoms with Crippen molar-refractivity contribution in [2.75, 3.05) is 26.4 Å². The standard InChI is InChI=1S/C32H48O4/c1-26-16-14-18-28(30(26)35-24-22-33)32(29-19-15-17-27(2)31(29)36-25-23-34)20-12-10-8-6-4-3-5-7-9-11-13-21-32/h14-19,33-34H,3-13,20-25H2,1-2H3. The molecular formula is C32H48O4. The molecule has 0 unspecified atom stereocenters. The lowest BCUT2D eigenvalue weighted by atomic mass is 9.66. The molecule has 0 aromatic heterocycles. The number of aliphatic hydroxyl groups excluding tert-OH is 2. The van der Waals surface area contributed by atoms with Crippen LogP contribution in [0.2, 0.25) is 0 Å². The summed E-state index contributed by atoms with van der Waals surface area (Å²) in [5, 5.41) is 19.1. The van der Waals surface area contributed by atoms with E-state index in [2.05, 4.69) is 50.2 Å². The van der Waals surface area contributed by atoms with Gasteiger partial charge in [0.1, 0.15) is 24.7 Å². The van der Waals surface area contributed by atoms with Crippen molar-refractivity contribution < 1.29 is 19.7 Å². The van der Waals surface area contributed by atoms with Crippen LogP contribution in [-0.2, 0) is 5.41 Å². The lowest BCUT2D eigenvalue weighted by Crippen LogP contribution is -2.30. The molecule has 0 saturated heterocycles. The quantitative estimate of drug-likeness (QED) is 0.399. The number of aliphatic hydroxyl groups is 2. The summed E-state index contributed by atoms with van der Waals surface area (Å²) in [6.07, 6.45) is 16.2. The molecule has 4 heteroatoms. The Morgan fingerprint density at radius 2 is 0.944 bits per heavy atom. The topological polar surface area (TPSA) is 58.9 Å². The van der Waals surface area contributed by atoms with Gasteiger partial charge >= 0.3 is 0 Å².